The van der Waals surface area contributed by atoms with Crippen molar-refractivity contribution in [2.24, 2.45) is 5.92 Å². The van der Waals surface area contributed by atoms with E-state index in [-0.39, 0.29) is 0 Å². The minimum absolute atomic E-state index is 0.743. The van der Waals surface area contributed by atoms with Gasteiger partial charge >= 0.3 is 0 Å². The first-order valence-corrected chi connectivity index (χ1v) is 7.19. The second kappa shape index (κ2) is 6.39. The van der Waals surface area contributed by atoms with E-state index in [2.05, 4.69) is 29.0 Å². The second-order valence-electron chi connectivity index (χ2n) is 5.05. The van der Waals surface area contributed by atoms with Crippen molar-refractivity contribution in [2.45, 2.75) is 33.2 Å². The third-order valence-corrected chi connectivity index (χ3v) is 3.90. The number of aromatic nitrogens is 1. The molecule has 0 amide bonds. The highest BCUT2D eigenvalue weighted by molar-refractivity contribution is 6.31. The van der Waals surface area contributed by atoms with Crippen LogP contribution in [0.5, 0.6) is 0 Å². The third kappa shape index (κ3) is 3.36. The molecular formula is C14H22ClN3. The SMILES string of the molecule is CCNCc1nc(N2CCC(C)CC2)ccc1Cl. The van der Waals surface area contributed by atoms with E-state index in [9.17, 15) is 0 Å². The van der Waals surface area contributed by atoms with Crippen molar-refractivity contribution in [3.63, 3.8) is 0 Å². The molecule has 2 rings (SSSR count). The summed E-state index contributed by atoms with van der Waals surface area (Å²) in [5.41, 5.74) is 0.953. The minimum atomic E-state index is 0.743. The van der Waals surface area contributed by atoms with Crippen molar-refractivity contribution in [1.82, 2.24) is 10.3 Å². The average molecular weight is 268 g/mol. The summed E-state index contributed by atoms with van der Waals surface area (Å²) < 4.78 is 0. The highest BCUT2D eigenvalue weighted by Gasteiger charge is 2.17. The molecule has 0 aliphatic carbocycles. The van der Waals surface area contributed by atoms with Crippen molar-refractivity contribution >= 4 is 17.4 Å². The zero-order chi connectivity index (χ0) is 13.0. The monoisotopic (exact) mass is 267 g/mol. The molecule has 18 heavy (non-hydrogen) atoms. The van der Waals surface area contributed by atoms with E-state index >= 15 is 0 Å². The minimum Gasteiger partial charge on any atom is -0.357 e. The van der Waals surface area contributed by atoms with Gasteiger partial charge in [0.15, 0.2) is 0 Å². The van der Waals surface area contributed by atoms with Crippen LogP contribution in [0.4, 0.5) is 5.82 Å². The maximum atomic E-state index is 6.17. The zero-order valence-corrected chi connectivity index (χ0v) is 12.0. The summed E-state index contributed by atoms with van der Waals surface area (Å²) in [7, 11) is 0. The Morgan fingerprint density at radius 3 is 2.78 bits per heavy atom. The number of hydrogen-bond acceptors (Lipinski definition) is 3. The van der Waals surface area contributed by atoms with Crippen LogP contribution in [0.25, 0.3) is 0 Å². The summed E-state index contributed by atoms with van der Waals surface area (Å²) >= 11 is 6.17. The molecule has 0 radical (unpaired) electrons. The molecule has 1 aliphatic rings. The molecule has 0 saturated carbocycles. The molecule has 0 bridgehead atoms. The van der Waals surface area contributed by atoms with Crippen LogP contribution >= 0.6 is 11.6 Å². The molecule has 1 N–H and O–H groups in total. The van der Waals surface area contributed by atoms with Crippen LogP contribution in [0, 0.1) is 5.92 Å². The van der Waals surface area contributed by atoms with E-state index in [1.54, 1.807) is 0 Å². The molecule has 0 aromatic carbocycles. The molecular weight excluding hydrogens is 246 g/mol. The van der Waals surface area contributed by atoms with Crippen molar-refractivity contribution in [2.75, 3.05) is 24.5 Å². The predicted octanol–water partition coefficient (Wildman–Crippen LogP) is 3.08. The zero-order valence-electron chi connectivity index (χ0n) is 11.2. The van der Waals surface area contributed by atoms with Gasteiger partial charge in [-0.3, -0.25) is 0 Å². The Bertz CT molecular complexity index is 387. The van der Waals surface area contributed by atoms with Gasteiger partial charge in [0, 0.05) is 19.6 Å². The van der Waals surface area contributed by atoms with Crippen LogP contribution in [-0.2, 0) is 6.54 Å². The number of rotatable bonds is 4. The maximum absolute atomic E-state index is 6.17. The summed E-state index contributed by atoms with van der Waals surface area (Å²) in [6, 6.07) is 4.00. The van der Waals surface area contributed by atoms with Gasteiger partial charge in [0.05, 0.1) is 10.7 Å². The van der Waals surface area contributed by atoms with Crippen LogP contribution in [0.15, 0.2) is 12.1 Å². The number of piperidine rings is 1. The summed E-state index contributed by atoms with van der Waals surface area (Å²) in [6.45, 7) is 8.30. The Morgan fingerprint density at radius 2 is 2.11 bits per heavy atom. The Hall–Kier alpha value is -0.800. The molecule has 1 fully saturated rings. The molecule has 1 aromatic rings. The van der Waals surface area contributed by atoms with E-state index in [1.165, 1.54) is 12.8 Å². The van der Waals surface area contributed by atoms with Crippen molar-refractivity contribution < 1.29 is 0 Å². The van der Waals surface area contributed by atoms with E-state index in [1.807, 2.05) is 12.1 Å². The van der Waals surface area contributed by atoms with Crippen molar-refractivity contribution in [3.8, 4) is 0 Å². The Labute approximate surface area is 115 Å². The number of nitrogens with one attached hydrogen (secondary N) is 1. The summed E-state index contributed by atoms with van der Waals surface area (Å²) in [5.74, 6) is 1.91. The van der Waals surface area contributed by atoms with Crippen molar-refractivity contribution in [3.05, 3.63) is 22.8 Å². The third-order valence-electron chi connectivity index (χ3n) is 3.55. The smallest absolute Gasteiger partial charge is 0.128 e. The Morgan fingerprint density at radius 1 is 1.39 bits per heavy atom. The van der Waals surface area contributed by atoms with E-state index in [0.29, 0.717) is 0 Å². The lowest BCUT2D eigenvalue weighted by atomic mass is 9.99. The fourth-order valence-electron chi connectivity index (χ4n) is 2.25. The highest BCUT2D eigenvalue weighted by Crippen LogP contribution is 2.24. The normalized spacial score (nSPS) is 17.2. The van der Waals surface area contributed by atoms with Gasteiger partial charge in [0.1, 0.15) is 5.82 Å². The first-order chi connectivity index (χ1) is 8.70. The number of pyridine rings is 1. The first kappa shape index (κ1) is 13.6. The standard InChI is InChI=1S/C14H22ClN3/c1-3-16-10-13-12(15)4-5-14(17-13)18-8-6-11(2)7-9-18/h4-5,11,16H,3,6-10H2,1-2H3. The lowest BCUT2D eigenvalue weighted by Gasteiger charge is -2.31. The molecule has 0 unspecified atom stereocenters. The van der Waals surface area contributed by atoms with Gasteiger partial charge in [0.2, 0.25) is 0 Å². The molecule has 4 heteroatoms. The van der Waals surface area contributed by atoms with E-state index < -0.39 is 0 Å². The summed E-state index contributed by atoms with van der Waals surface area (Å²) in [4.78, 5) is 7.06. The van der Waals surface area contributed by atoms with Crippen LogP contribution < -0.4 is 10.2 Å². The number of anilines is 1. The van der Waals surface area contributed by atoms with Gasteiger partial charge in [-0.1, -0.05) is 25.4 Å². The van der Waals surface area contributed by atoms with Gasteiger partial charge in [-0.25, -0.2) is 4.98 Å². The number of halogens is 1. The molecule has 1 saturated heterocycles. The van der Waals surface area contributed by atoms with E-state index in [4.69, 9.17) is 11.6 Å². The van der Waals surface area contributed by atoms with Gasteiger partial charge in [-0.05, 0) is 37.4 Å². The lowest BCUT2D eigenvalue weighted by molar-refractivity contribution is 0.436. The van der Waals surface area contributed by atoms with Crippen LogP contribution in [0.2, 0.25) is 5.02 Å². The average Bonchev–Trinajstić information content (AvgIpc) is 2.39. The van der Waals surface area contributed by atoms with Crippen LogP contribution in [0.1, 0.15) is 32.4 Å². The van der Waals surface area contributed by atoms with Gasteiger partial charge in [0.25, 0.3) is 0 Å². The van der Waals surface area contributed by atoms with Gasteiger partial charge < -0.3 is 10.2 Å². The fourth-order valence-corrected chi connectivity index (χ4v) is 2.43. The topological polar surface area (TPSA) is 28.2 Å². The molecule has 1 aromatic heterocycles. The number of hydrogen-bond donors (Lipinski definition) is 1. The molecule has 0 atom stereocenters. The maximum Gasteiger partial charge on any atom is 0.128 e. The number of nitrogens with zero attached hydrogens (tertiary/aromatic N) is 2. The first-order valence-electron chi connectivity index (χ1n) is 6.81. The van der Waals surface area contributed by atoms with Gasteiger partial charge in [-0.15, -0.1) is 0 Å². The molecule has 2 heterocycles. The van der Waals surface area contributed by atoms with Gasteiger partial charge in [-0.2, -0.15) is 0 Å². The summed E-state index contributed by atoms with van der Waals surface area (Å²) in [6.07, 6.45) is 2.51. The van der Waals surface area contributed by atoms with Crippen molar-refractivity contribution in [1.29, 1.82) is 0 Å². The van der Waals surface area contributed by atoms with Crippen LogP contribution in [-0.4, -0.2) is 24.6 Å². The Kier molecular flexibility index (Phi) is 4.84. The Balaban J connectivity index is 2.08. The lowest BCUT2D eigenvalue weighted by Crippen LogP contribution is -2.33. The second-order valence-corrected chi connectivity index (χ2v) is 5.46. The molecule has 1 aliphatic heterocycles. The van der Waals surface area contributed by atoms with Crippen LogP contribution in [0.3, 0.4) is 0 Å². The highest BCUT2D eigenvalue weighted by atomic mass is 35.5. The largest absolute Gasteiger partial charge is 0.357 e. The summed E-state index contributed by atoms with van der Waals surface area (Å²) in [5, 5.41) is 4.03. The molecule has 100 valence electrons. The molecule has 0 spiro atoms. The predicted molar refractivity (Wildman–Crippen MR) is 77.2 cm³/mol. The van der Waals surface area contributed by atoms with E-state index in [0.717, 1.165) is 48.6 Å². The quantitative estimate of drug-likeness (QED) is 0.909. The fraction of sp³-hybridized carbons (Fsp3) is 0.643. The molecule has 3 nitrogen and oxygen atoms in total.